The molecule has 0 saturated heterocycles. The molecule has 1 aromatic carbocycles. The number of aryl methyl sites for hydroxylation is 1. The van der Waals surface area contributed by atoms with E-state index in [2.05, 4.69) is 54.2 Å². The van der Waals surface area contributed by atoms with Gasteiger partial charge >= 0.3 is 0 Å². The summed E-state index contributed by atoms with van der Waals surface area (Å²) in [6.07, 6.45) is 0. The van der Waals surface area contributed by atoms with Gasteiger partial charge in [-0.2, -0.15) is 4.37 Å². The molecule has 0 saturated carbocycles. The third-order valence-electron chi connectivity index (χ3n) is 1.81. The van der Waals surface area contributed by atoms with Crippen LogP contribution in [0.5, 0.6) is 0 Å². The zero-order valence-corrected chi connectivity index (χ0v) is 11.3. The lowest BCUT2D eigenvalue weighted by molar-refractivity contribution is 1.26. The fourth-order valence-corrected chi connectivity index (χ4v) is 2.42. The van der Waals surface area contributed by atoms with Crippen LogP contribution in [0.4, 0.5) is 0 Å². The zero-order valence-electron chi connectivity index (χ0n) is 7.29. The molecule has 0 atom stereocenters. The molecule has 0 spiro atoms. The summed E-state index contributed by atoms with van der Waals surface area (Å²) < 4.78 is 5.85. The van der Waals surface area contributed by atoms with Gasteiger partial charge in [0.05, 0.1) is 0 Å². The van der Waals surface area contributed by atoms with Crippen LogP contribution in [-0.2, 0) is 0 Å². The maximum absolute atomic E-state index is 4.26. The van der Waals surface area contributed by atoms with Crippen LogP contribution >= 0.6 is 43.4 Å². The van der Waals surface area contributed by atoms with Crippen LogP contribution in [0.25, 0.3) is 10.6 Å². The number of halogens is 2. The number of hydrogen-bond donors (Lipinski definition) is 0. The third-order valence-corrected chi connectivity index (χ3v) is 4.05. The second-order valence-corrected chi connectivity index (χ2v) is 5.15. The number of nitrogens with zero attached hydrogens (tertiary/aromatic N) is 2. The first-order chi connectivity index (χ1) is 6.66. The Labute approximate surface area is 103 Å². The molecule has 1 heterocycles. The fourth-order valence-electron chi connectivity index (χ4n) is 1.10. The van der Waals surface area contributed by atoms with Crippen LogP contribution in [0.3, 0.4) is 0 Å². The number of hydrogen-bond acceptors (Lipinski definition) is 3. The van der Waals surface area contributed by atoms with Crippen molar-refractivity contribution in [2.45, 2.75) is 6.92 Å². The van der Waals surface area contributed by atoms with E-state index in [1.54, 1.807) is 0 Å². The highest BCUT2D eigenvalue weighted by molar-refractivity contribution is 9.10. The average Bonchev–Trinajstić information content (AvgIpc) is 2.57. The van der Waals surface area contributed by atoms with Crippen molar-refractivity contribution in [3.63, 3.8) is 0 Å². The van der Waals surface area contributed by atoms with E-state index in [9.17, 15) is 0 Å². The quantitative estimate of drug-likeness (QED) is 0.787. The van der Waals surface area contributed by atoms with Gasteiger partial charge in [-0.3, -0.25) is 0 Å². The first-order valence-corrected chi connectivity index (χ1v) is 6.28. The van der Waals surface area contributed by atoms with Gasteiger partial charge in [-0.1, -0.05) is 22.0 Å². The molecule has 72 valence electrons. The SMILES string of the molecule is Cc1cc(-c2nc(Br)ns2)ccc1Br. The van der Waals surface area contributed by atoms with Crippen molar-refractivity contribution >= 4 is 43.4 Å². The highest BCUT2D eigenvalue weighted by Crippen LogP contribution is 2.27. The number of benzene rings is 1. The molecule has 0 radical (unpaired) electrons. The van der Waals surface area contributed by atoms with Gasteiger partial charge < -0.3 is 0 Å². The molecule has 0 bridgehead atoms. The highest BCUT2D eigenvalue weighted by atomic mass is 79.9. The molecule has 14 heavy (non-hydrogen) atoms. The summed E-state index contributed by atoms with van der Waals surface area (Å²) in [6.45, 7) is 2.06. The molecular formula is C9H6Br2N2S. The largest absolute Gasteiger partial charge is 0.209 e. The Balaban J connectivity index is 2.47. The van der Waals surface area contributed by atoms with E-state index in [1.807, 2.05) is 12.1 Å². The predicted molar refractivity (Wildman–Crippen MR) is 65.5 cm³/mol. The maximum atomic E-state index is 4.26. The van der Waals surface area contributed by atoms with Crippen molar-refractivity contribution in [1.29, 1.82) is 0 Å². The molecule has 0 aliphatic rings. The van der Waals surface area contributed by atoms with Crippen molar-refractivity contribution in [2.24, 2.45) is 0 Å². The minimum atomic E-state index is 0.651. The molecule has 0 unspecified atom stereocenters. The van der Waals surface area contributed by atoms with E-state index < -0.39 is 0 Å². The van der Waals surface area contributed by atoms with E-state index in [4.69, 9.17) is 0 Å². The summed E-state index contributed by atoms with van der Waals surface area (Å²) in [6, 6.07) is 6.15. The Morgan fingerprint density at radius 3 is 2.64 bits per heavy atom. The molecule has 0 aliphatic carbocycles. The lowest BCUT2D eigenvalue weighted by Crippen LogP contribution is -1.79. The van der Waals surface area contributed by atoms with Gasteiger partial charge in [0.15, 0.2) is 0 Å². The molecule has 0 aliphatic heterocycles. The van der Waals surface area contributed by atoms with E-state index in [-0.39, 0.29) is 0 Å². The summed E-state index contributed by atoms with van der Waals surface area (Å²) >= 11 is 8.10. The van der Waals surface area contributed by atoms with E-state index in [0.717, 1.165) is 15.0 Å². The Morgan fingerprint density at radius 2 is 2.07 bits per heavy atom. The van der Waals surface area contributed by atoms with Crippen molar-refractivity contribution in [1.82, 2.24) is 9.36 Å². The molecular weight excluding hydrogens is 328 g/mol. The minimum Gasteiger partial charge on any atom is -0.209 e. The Kier molecular flexibility index (Phi) is 2.99. The number of rotatable bonds is 1. The molecule has 5 heteroatoms. The van der Waals surface area contributed by atoms with Gasteiger partial charge in [0.25, 0.3) is 0 Å². The first-order valence-electron chi connectivity index (χ1n) is 3.92. The number of aromatic nitrogens is 2. The van der Waals surface area contributed by atoms with Crippen molar-refractivity contribution < 1.29 is 0 Å². The molecule has 0 amide bonds. The monoisotopic (exact) mass is 332 g/mol. The molecule has 0 N–H and O–H groups in total. The van der Waals surface area contributed by atoms with E-state index >= 15 is 0 Å². The lowest BCUT2D eigenvalue weighted by atomic mass is 10.1. The molecule has 2 aromatic rings. The van der Waals surface area contributed by atoms with Crippen LogP contribution < -0.4 is 0 Å². The summed E-state index contributed by atoms with van der Waals surface area (Å²) in [7, 11) is 0. The smallest absolute Gasteiger partial charge is 0.209 e. The van der Waals surface area contributed by atoms with Crippen molar-refractivity contribution in [3.8, 4) is 10.6 Å². The van der Waals surface area contributed by atoms with Gasteiger partial charge in [0, 0.05) is 10.0 Å². The van der Waals surface area contributed by atoms with Gasteiger partial charge in [-0.05, 0) is 52.1 Å². The van der Waals surface area contributed by atoms with Crippen LogP contribution in [0.15, 0.2) is 27.4 Å². The van der Waals surface area contributed by atoms with Crippen LogP contribution in [-0.4, -0.2) is 9.36 Å². The zero-order chi connectivity index (χ0) is 10.1. The first kappa shape index (κ1) is 10.3. The van der Waals surface area contributed by atoms with Gasteiger partial charge in [-0.25, -0.2) is 4.98 Å². The second kappa shape index (κ2) is 4.08. The third kappa shape index (κ3) is 2.04. The summed E-state index contributed by atoms with van der Waals surface area (Å²) in [4.78, 5) is 4.26. The molecule has 2 rings (SSSR count). The van der Waals surface area contributed by atoms with Crippen molar-refractivity contribution in [2.75, 3.05) is 0 Å². The van der Waals surface area contributed by atoms with Gasteiger partial charge in [-0.15, -0.1) is 0 Å². The summed E-state index contributed by atoms with van der Waals surface area (Å²) in [5, 5.41) is 0.937. The van der Waals surface area contributed by atoms with Gasteiger partial charge in [0.2, 0.25) is 4.73 Å². The normalized spacial score (nSPS) is 10.5. The highest BCUT2D eigenvalue weighted by Gasteiger charge is 2.05. The van der Waals surface area contributed by atoms with Crippen LogP contribution in [0.2, 0.25) is 0 Å². The van der Waals surface area contributed by atoms with E-state index in [1.165, 1.54) is 17.1 Å². The van der Waals surface area contributed by atoms with E-state index in [0.29, 0.717) is 4.73 Å². The minimum absolute atomic E-state index is 0.651. The predicted octanol–water partition coefficient (Wildman–Crippen LogP) is 4.04. The standard InChI is InChI=1S/C9H6Br2N2S/c1-5-4-6(2-3-7(5)10)8-12-9(11)13-14-8/h2-4H,1H3. The Hall–Kier alpha value is -0.260. The Morgan fingerprint density at radius 1 is 1.29 bits per heavy atom. The molecule has 0 fully saturated rings. The lowest BCUT2D eigenvalue weighted by Gasteiger charge is -1.99. The Bertz CT molecular complexity index is 468. The van der Waals surface area contributed by atoms with Crippen LogP contribution in [0, 0.1) is 6.92 Å². The van der Waals surface area contributed by atoms with Crippen molar-refractivity contribution in [3.05, 3.63) is 33.0 Å². The van der Waals surface area contributed by atoms with Gasteiger partial charge in [0.1, 0.15) is 5.01 Å². The second-order valence-electron chi connectivity index (χ2n) is 2.83. The summed E-state index contributed by atoms with van der Waals surface area (Å²) in [5.41, 5.74) is 2.31. The maximum Gasteiger partial charge on any atom is 0.209 e. The van der Waals surface area contributed by atoms with Crippen LogP contribution in [0.1, 0.15) is 5.56 Å². The molecule has 1 aromatic heterocycles. The topological polar surface area (TPSA) is 25.8 Å². The molecule has 2 nitrogen and oxygen atoms in total. The fraction of sp³-hybridized carbons (Fsp3) is 0.111. The average molecular weight is 334 g/mol. The summed E-state index contributed by atoms with van der Waals surface area (Å²) in [5.74, 6) is 0.